The Morgan fingerprint density at radius 3 is 2.63 bits per heavy atom. The van der Waals surface area contributed by atoms with Crippen molar-refractivity contribution in [1.82, 2.24) is 14.9 Å². The number of pyridine rings is 2. The van der Waals surface area contributed by atoms with Crippen LogP contribution in [-0.2, 0) is 12.8 Å². The lowest BCUT2D eigenvalue weighted by Gasteiger charge is -2.42. The molecule has 0 unspecified atom stereocenters. The largest absolute Gasteiger partial charge is 0.503 e. The molecule has 0 bridgehead atoms. The lowest BCUT2D eigenvalue weighted by atomic mass is 9.89. The Morgan fingerprint density at radius 1 is 1.11 bits per heavy atom. The van der Waals surface area contributed by atoms with Gasteiger partial charge in [-0.1, -0.05) is 6.42 Å². The molecule has 2 aromatic heterocycles. The van der Waals surface area contributed by atoms with Gasteiger partial charge in [-0.05, 0) is 56.9 Å². The minimum Gasteiger partial charge on any atom is -0.503 e. The number of fused-ring (bicyclic) bond motifs is 2. The first-order chi connectivity index (χ1) is 13.2. The van der Waals surface area contributed by atoms with E-state index in [9.17, 15) is 9.90 Å². The molecule has 6 nitrogen and oxygen atoms in total. The van der Waals surface area contributed by atoms with Gasteiger partial charge < -0.3 is 20.3 Å². The molecule has 2 aromatic rings. The van der Waals surface area contributed by atoms with Crippen molar-refractivity contribution in [1.29, 1.82) is 0 Å². The van der Waals surface area contributed by atoms with E-state index in [0.717, 1.165) is 74.6 Å². The molecule has 3 heterocycles. The SMILES string of the molecule is O=c1[nH]c2c(NC3CCN(C4CCC4)CC3)c3c(nc2cc1O)CCCC3. The molecular weight excluding hydrogens is 340 g/mol. The monoisotopic (exact) mass is 368 g/mol. The van der Waals surface area contributed by atoms with Crippen LogP contribution >= 0.6 is 0 Å². The van der Waals surface area contributed by atoms with Gasteiger partial charge in [0.25, 0.3) is 5.56 Å². The molecule has 3 aliphatic rings. The van der Waals surface area contributed by atoms with Gasteiger partial charge in [-0.3, -0.25) is 9.78 Å². The number of piperidine rings is 1. The maximum absolute atomic E-state index is 12.0. The molecule has 0 aromatic carbocycles. The van der Waals surface area contributed by atoms with Crippen molar-refractivity contribution in [2.45, 2.75) is 69.9 Å². The predicted molar refractivity (Wildman–Crippen MR) is 107 cm³/mol. The van der Waals surface area contributed by atoms with Gasteiger partial charge >= 0.3 is 0 Å². The summed E-state index contributed by atoms with van der Waals surface area (Å²) >= 11 is 0. The number of H-pyrrole nitrogens is 1. The summed E-state index contributed by atoms with van der Waals surface area (Å²) in [5, 5.41) is 13.6. The molecule has 0 amide bonds. The highest BCUT2D eigenvalue weighted by Crippen LogP contribution is 2.34. The Kier molecular flexibility index (Phi) is 4.31. The molecule has 144 valence electrons. The zero-order chi connectivity index (χ0) is 18.4. The van der Waals surface area contributed by atoms with Gasteiger partial charge in [0.05, 0.1) is 16.7 Å². The van der Waals surface area contributed by atoms with Crippen LogP contribution in [0.2, 0.25) is 0 Å². The number of hydrogen-bond acceptors (Lipinski definition) is 5. The van der Waals surface area contributed by atoms with Crippen LogP contribution in [0, 0.1) is 0 Å². The van der Waals surface area contributed by atoms with Crippen LogP contribution in [0.1, 0.15) is 56.2 Å². The highest BCUT2D eigenvalue weighted by atomic mass is 16.3. The number of nitrogens with one attached hydrogen (secondary N) is 2. The normalized spacial score (nSPS) is 21.8. The number of aromatic nitrogens is 2. The topological polar surface area (TPSA) is 81.2 Å². The fourth-order valence-electron chi connectivity index (χ4n) is 4.89. The Hall–Kier alpha value is -2.08. The van der Waals surface area contributed by atoms with Crippen molar-refractivity contribution in [3.05, 3.63) is 27.7 Å². The predicted octanol–water partition coefficient (Wildman–Crippen LogP) is 2.94. The molecular formula is C21H28N4O2. The molecule has 2 aliphatic carbocycles. The Balaban J connectivity index is 1.46. The number of anilines is 1. The third-order valence-electron chi connectivity index (χ3n) is 6.72. The molecule has 0 radical (unpaired) electrons. The highest BCUT2D eigenvalue weighted by Gasteiger charge is 2.29. The van der Waals surface area contributed by atoms with Crippen molar-refractivity contribution in [3.63, 3.8) is 0 Å². The zero-order valence-electron chi connectivity index (χ0n) is 15.8. The summed E-state index contributed by atoms with van der Waals surface area (Å²) in [4.78, 5) is 22.3. The molecule has 0 atom stereocenters. The maximum Gasteiger partial charge on any atom is 0.290 e. The van der Waals surface area contributed by atoms with Gasteiger partial charge in [-0.2, -0.15) is 0 Å². The molecule has 3 N–H and O–H groups in total. The third kappa shape index (κ3) is 3.10. The van der Waals surface area contributed by atoms with Gasteiger partial charge in [-0.15, -0.1) is 0 Å². The molecule has 1 aliphatic heterocycles. The molecule has 0 spiro atoms. The Morgan fingerprint density at radius 2 is 1.89 bits per heavy atom. The standard InChI is InChI=1S/C21H28N4O2/c26-18-12-17-20(24-21(18)27)19(15-6-1-2-7-16(15)23-17)22-13-8-10-25(11-9-13)14-4-3-5-14/h12-14,26H,1-11H2,(H,22,23)(H,24,27). The number of rotatable bonds is 3. The van der Waals surface area contributed by atoms with Gasteiger partial charge in [0.15, 0.2) is 5.75 Å². The van der Waals surface area contributed by atoms with E-state index in [-0.39, 0.29) is 5.75 Å². The molecule has 5 rings (SSSR count). The lowest BCUT2D eigenvalue weighted by Crippen LogP contribution is -2.47. The van der Waals surface area contributed by atoms with E-state index in [1.165, 1.54) is 30.9 Å². The van der Waals surface area contributed by atoms with E-state index in [1.54, 1.807) is 0 Å². The van der Waals surface area contributed by atoms with E-state index < -0.39 is 5.56 Å². The molecule has 27 heavy (non-hydrogen) atoms. The van der Waals surface area contributed by atoms with E-state index >= 15 is 0 Å². The van der Waals surface area contributed by atoms with Gasteiger partial charge in [0.2, 0.25) is 0 Å². The smallest absolute Gasteiger partial charge is 0.290 e. The number of aryl methyl sites for hydroxylation is 1. The van der Waals surface area contributed by atoms with Crippen LogP contribution in [0.5, 0.6) is 5.75 Å². The lowest BCUT2D eigenvalue weighted by molar-refractivity contribution is 0.101. The quantitative estimate of drug-likeness (QED) is 0.776. The molecule has 6 heteroatoms. The van der Waals surface area contributed by atoms with Crippen LogP contribution in [-0.4, -0.2) is 45.1 Å². The van der Waals surface area contributed by atoms with Crippen LogP contribution in [0.3, 0.4) is 0 Å². The first-order valence-electron chi connectivity index (χ1n) is 10.5. The summed E-state index contributed by atoms with van der Waals surface area (Å²) < 4.78 is 0. The Bertz CT molecular complexity index is 911. The molecule has 1 saturated carbocycles. The fourth-order valence-corrected chi connectivity index (χ4v) is 4.89. The average Bonchev–Trinajstić information content (AvgIpc) is 2.63. The fraction of sp³-hybridized carbons (Fsp3) is 0.619. The second-order valence-electron chi connectivity index (χ2n) is 8.40. The van der Waals surface area contributed by atoms with Crippen LogP contribution in [0.4, 0.5) is 5.69 Å². The summed E-state index contributed by atoms with van der Waals surface area (Å²) in [7, 11) is 0. The van der Waals surface area contributed by atoms with Crippen LogP contribution in [0.15, 0.2) is 10.9 Å². The first kappa shape index (κ1) is 17.0. The van der Waals surface area contributed by atoms with Crippen LogP contribution < -0.4 is 10.9 Å². The zero-order valence-corrected chi connectivity index (χ0v) is 15.8. The summed E-state index contributed by atoms with van der Waals surface area (Å²) in [6.45, 7) is 2.32. The number of aromatic amines is 1. The van der Waals surface area contributed by atoms with Crippen molar-refractivity contribution in [2.75, 3.05) is 18.4 Å². The summed E-state index contributed by atoms with van der Waals surface area (Å²) in [6, 6.07) is 2.75. The summed E-state index contributed by atoms with van der Waals surface area (Å²) in [5.41, 5.74) is 4.42. The Labute approximate surface area is 159 Å². The summed E-state index contributed by atoms with van der Waals surface area (Å²) in [6.07, 6.45) is 10.7. The molecule has 2 fully saturated rings. The van der Waals surface area contributed by atoms with Gasteiger partial charge in [-0.25, -0.2) is 0 Å². The number of aromatic hydroxyl groups is 1. The number of likely N-dealkylation sites (tertiary alicyclic amines) is 1. The van der Waals surface area contributed by atoms with Crippen molar-refractivity contribution < 1.29 is 5.11 Å². The average molecular weight is 368 g/mol. The van der Waals surface area contributed by atoms with E-state index in [2.05, 4.69) is 15.2 Å². The van der Waals surface area contributed by atoms with Crippen LogP contribution in [0.25, 0.3) is 11.0 Å². The van der Waals surface area contributed by atoms with E-state index in [1.807, 2.05) is 0 Å². The van der Waals surface area contributed by atoms with Gasteiger partial charge in [0.1, 0.15) is 0 Å². The third-order valence-corrected chi connectivity index (χ3v) is 6.72. The van der Waals surface area contributed by atoms with E-state index in [4.69, 9.17) is 4.98 Å². The minimum absolute atomic E-state index is 0.259. The number of hydrogen-bond donors (Lipinski definition) is 3. The van der Waals surface area contributed by atoms with Gasteiger partial charge in [0, 0.05) is 36.9 Å². The summed E-state index contributed by atoms with van der Waals surface area (Å²) in [5.74, 6) is -0.259. The van der Waals surface area contributed by atoms with E-state index in [0.29, 0.717) is 11.6 Å². The first-order valence-corrected chi connectivity index (χ1v) is 10.5. The van der Waals surface area contributed by atoms with Crippen molar-refractivity contribution in [2.24, 2.45) is 0 Å². The van der Waals surface area contributed by atoms with Crippen molar-refractivity contribution in [3.8, 4) is 5.75 Å². The minimum atomic E-state index is -0.442. The molecule has 1 saturated heterocycles. The second-order valence-corrected chi connectivity index (χ2v) is 8.40. The number of nitrogens with zero attached hydrogens (tertiary/aromatic N) is 2. The van der Waals surface area contributed by atoms with Crippen molar-refractivity contribution >= 4 is 16.7 Å². The highest BCUT2D eigenvalue weighted by molar-refractivity contribution is 5.90. The maximum atomic E-state index is 12.0. The second kappa shape index (κ2) is 6.82.